The van der Waals surface area contributed by atoms with E-state index in [1.165, 1.54) is 42.4 Å². The molecule has 0 saturated carbocycles. The highest BCUT2D eigenvalue weighted by atomic mass is 16.5. The molecular formula is C15H17N3O6. The second kappa shape index (κ2) is 7.53. The summed E-state index contributed by atoms with van der Waals surface area (Å²) in [5.41, 5.74) is 0.313. The Morgan fingerprint density at radius 2 is 1.88 bits per heavy atom. The van der Waals surface area contributed by atoms with Crippen LogP contribution in [-0.2, 0) is 19.1 Å². The molecule has 9 heteroatoms. The van der Waals surface area contributed by atoms with Gasteiger partial charge >= 0.3 is 11.9 Å². The summed E-state index contributed by atoms with van der Waals surface area (Å²) < 4.78 is 9.23. The number of pyridine rings is 1. The Hall–Kier alpha value is -2.97. The molecule has 128 valence electrons. The molecule has 0 radical (unpaired) electrons. The lowest BCUT2D eigenvalue weighted by Crippen LogP contribution is -2.46. The number of esters is 2. The fourth-order valence-electron chi connectivity index (χ4n) is 2.21. The van der Waals surface area contributed by atoms with Crippen LogP contribution < -0.4 is 0 Å². The van der Waals surface area contributed by atoms with Crippen molar-refractivity contribution in [2.75, 3.05) is 26.8 Å². The highest BCUT2D eigenvalue weighted by Gasteiger charge is 2.32. The van der Waals surface area contributed by atoms with E-state index in [0.29, 0.717) is 19.5 Å². The number of hydrogen-bond acceptors (Lipinski definition) is 7. The van der Waals surface area contributed by atoms with Gasteiger partial charge in [0.2, 0.25) is 0 Å². The number of aromatic nitrogens is 1. The van der Waals surface area contributed by atoms with Crippen molar-refractivity contribution in [3.63, 3.8) is 0 Å². The number of hydrogen-bond donors (Lipinski definition) is 0. The molecule has 2 heterocycles. The number of methoxy groups -OCH3 is 1. The van der Waals surface area contributed by atoms with E-state index in [4.69, 9.17) is 0 Å². The number of rotatable bonds is 4. The van der Waals surface area contributed by atoms with E-state index in [9.17, 15) is 19.2 Å². The normalized spacial score (nSPS) is 13.6. The van der Waals surface area contributed by atoms with Gasteiger partial charge in [0, 0.05) is 26.2 Å². The molecule has 2 rings (SSSR count). The molecule has 1 saturated heterocycles. The zero-order valence-electron chi connectivity index (χ0n) is 13.4. The van der Waals surface area contributed by atoms with Gasteiger partial charge in [0.15, 0.2) is 6.61 Å². The summed E-state index contributed by atoms with van der Waals surface area (Å²) in [4.78, 5) is 50.7. The number of amides is 2. The Labute approximate surface area is 138 Å². The third-order valence-corrected chi connectivity index (χ3v) is 3.36. The third-order valence-electron chi connectivity index (χ3n) is 3.36. The molecule has 2 amide bonds. The Kier molecular flexibility index (Phi) is 5.46. The van der Waals surface area contributed by atoms with Gasteiger partial charge in [0.1, 0.15) is 5.69 Å². The SMILES string of the molecule is COC(=O)c1ccc(C(=O)N2CCCN2C(=O)COC(C)=O)nc1. The van der Waals surface area contributed by atoms with Gasteiger partial charge < -0.3 is 9.47 Å². The first-order valence-corrected chi connectivity index (χ1v) is 7.24. The van der Waals surface area contributed by atoms with Crippen LogP contribution in [0.4, 0.5) is 0 Å². The van der Waals surface area contributed by atoms with Crippen molar-refractivity contribution in [2.24, 2.45) is 0 Å². The summed E-state index contributed by atoms with van der Waals surface area (Å²) in [6, 6.07) is 2.81. The standard InChI is InChI=1S/C15H17N3O6/c1-10(19)24-9-13(20)17-6-3-7-18(17)14(21)12-5-4-11(8-16-12)15(22)23-2/h4-5,8H,3,6-7,9H2,1-2H3. The molecule has 1 aromatic heterocycles. The van der Waals surface area contributed by atoms with Crippen molar-refractivity contribution in [3.05, 3.63) is 29.6 Å². The summed E-state index contributed by atoms with van der Waals surface area (Å²) in [7, 11) is 1.25. The molecular weight excluding hydrogens is 318 g/mol. The largest absolute Gasteiger partial charge is 0.465 e. The van der Waals surface area contributed by atoms with Gasteiger partial charge in [-0.3, -0.25) is 19.4 Å². The molecule has 24 heavy (non-hydrogen) atoms. The number of carbonyl (C=O) groups excluding carboxylic acids is 4. The smallest absolute Gasteiger partial charge is 0.339 e. The molecule has 0 bridgehead atoms. The van der Waals surface area contributed by atoms with E-state index < -0.39 is 30.4 Å². The van der Waals surface area contributed by atoms with E-state index in [1.807, 2.05) is 0 Å². The quantitative estimate of drug-likeness (QED) is 0.714. The zero-order valence-corrected chi connectivity index (χ0v) is 13.4. The zero-order chi connectivity index (χ0) is 17.7. The third kappa shape index (κ3) is 3.86. The van der Waals surface area contributed by atoms with Crippen LogP contribution in [-0.4, -0.2) is 65.6 Å². The molecule has 0 unspecified atom stereocenters. The number of carbonyl (C=O) groups is 4. The van der Waals surface area contributed by atoms with Crippen LogP contribution in [0.5, 0.6) is 0 Å². The monoisotopic (exact) mass is 335 g/mol. The number of nitrogens with zero attached hydrogens (tertiary/aromatic N) is 3. The highest BCUT2D eigenvalue weighted by molar-refractivity contribution is 5.95. The van der Waals surface area contributed by atoms with E-state index in [0.717, 1.165) is 0 Å². The van der Waals surface area contributed by atoms with Gasteiger partial charge in [0.25, 0.3) is 11.8 Å². The van der Waals surface area contributed by atoms with Gasteiger partial charge in [-0.05, 0) is 18.6 Å². The van der Waals surface area contributed by atoms with Crippen molar-refractivity contribution in [3.8, 4) is 0 Å². The summed E-state index contributed by atoms with van der Waals surface area (Å²) >= 11 is 0. The Bertz CT molecular complexity index is 658. The predicted octanol–water partition coefficient (Wildman–Crippen LogP) is 0.0208. The maximum Gasteiger partial charge on any atom is 0.339 e. The lowest BCUT2D eigenvalue weighted by molar-refractivity contribution is -0.155. The minimum atomic E-state index is -0.569. The summed E-state index contributed by atoms with van der Waals surface area (Å²) in [6.07, 6.45) is 1.85. The van der Waals surface area contributed by atoms with Crippen LogP contribution in [0, 0.1) is 0 Å². The lowest BCUT2D eigenvalue weighted by Gasteiger charge is -2.27. The molecule has 1 fully saturated rings. The van der Waals surface area contributed by atoms with Gasteiger partial charge in [-0.25, -0.2) is 14.8 Å². The molecule has 0 atom stereocenters. The van der Waals surface area contributed by atoms with E-state index in [1.54, 1.807) is 0 Å². The van der Waals surface area contributed by atoms with Gasteiger partial charge in [-0.2, -0.15) is 0 Å². The van der Waals surface area contributed by atoms with Crippen LogP contribution in [0.2, 0.25) is 0 Å². The summed E-state index contributed by atoms with van der Waals surface area (Å²) in [5.74, 6) is -2.08. The van der Waals surface area contributed by atoms with Crippen molar-refractivity contribution < 1.29 is 28.7 Å². The fraction of sp³-hybridized carbons (Fsp3) is 0.400. The lowest BCUT2D eigenvalue weighted by atomic mass is 10.2. The Morgan fingerprint density at radius 1 is 1.17 bits per heavy atom. The molecule has 1 aliphatic rings. The van der Waals surface area contributed by atoms with Crippen LogP contribution in [0.3, 0.4) is 0 Å². The first-order valence-electron chi connectivity index (χ1n) is 7.24. The molecule has 1 aliphatic heterocycles. The second-order valence-corrected chi connectivity index (χ2v) is 5.00. The highest BCUT2D eigenvalue weighted by Crippen LogP contribution is 2.15. The number of ether oxygens (including phenoxy) is 2. The van der Waals surface area contributed by atoms with E-state index >= 15 is 0 Å². The first-order chi connectivity index (χ1) is 11.4. The average molecular weight is 335 g/mol. The van der Waals surface area contributed by atoms with Crippen molar-refractivity contribution in [2.45, 2.75) is 13.3 Å². The van der Waals surface area contributed by atoms with Gasteiger partial charge in [0.05, 0.1) is 12.7 Å². The Balaban J connectivity index is 2.08. The first kappa shape index (κ1) is 17.4. The summed E-state index contributed by atoms with van der Waals surface area (Å²) in [5, 5.41) is 2.49. The van der Waals surface area contributed by atoms with Crippen molar-refractivity contribution in [1.29, 1.82) is 0 Å². The fourth-order valence-corrected chi connectivity index (χ4v) is 2.21. The second-order valence-electron chi connectivity index (χ2n) is 5.00. The summed E-state index contributed by atoms with van der Waals surface area (Å²) in [6.45, 7) is 1.48. The van der Waals surface area contributed by atoms with Gasteiger partial charge in [-0.1, -0.05) is 0 Å². The van der Waals surface area contributed by atoms with Crippen LogP contribution in [0.25, 0.3) is 0 Å². The van der Waals surface area contributed by atoms with Crippen LogP contribution in [0.15, 0.2) is 18.3 Å². The topological polar surface area (TPSA) is 106 Å². The van der Waals surface area contributed by atoms with E-state index in [2.05, 4.69) is 14.5 Å². The minimum Gasteiger partial charge on any atom is -0.465 e. The molecule has 0 aliphatic carbocycles. The molecule has 9 nitrogen and oxygen atoms in total. The van der Waals surface area contributed by atoms with Crippen LogP contribution >= 0.6 is 0 Å². The van der Waals surface area contributed by atoms with Gasteiger partial charge in [-0.15, -0.1) is 0 Å². The van der Waals surface area contributed by atoms with Crippen molar-refractivity contribution >= 4 is 23.8 Å². The van der Waals surface area contributed by atoms with Crippen molar-refractivity contribution in [1.82, 2.24) is 15.0 Å². The predicted molar refractivity (Wildman–Crippen MR) is 79.6 cm³/mol. The molecule has 0 spiro atoms. The molecule has 0 aromatic carbocycles. The minimum absolute atomic E-state index is 0.0924. The maximum absolute atomic E-state index is 12.5. The Morgan fingerprint density at radius 3 is 2.46 bits per heavy atom. The van der Waals surface area contributed by atoms with Crippen LogP contribution in [0.1, 0.15) is 34.2 Å². The average Bonchev–Trinajstić information content (AvgIpc) is 3.08. The van der Waals surface area contributed by atoms with E-state index in [-0.39, 0.29) is 11.3 Å². The molecule has 0 N–H and O–H groups in total. The maximum atomic E-state index is 12.5. The number of hydrazine groups is 1. The molecule has 1 aromatic rings.